The zero-order valence-corrected chi connectivity index (χ0v) is 51.5. The Hall–Kier alpha value is -2.89. The Morgan fingerprint density at radius 1 is 0.273 bits per heavy atom. The molecule has 0 aromatic rings. The van der Waals surface area contributed by atoms with Gasteiger partial charge in [-0.05, 0) is 70.6 Å². The molecule has 0 aliphatic rings. The van der Waals surface area contributed by atoms with Crippen molar-refractivity contribution < 1.29 is 28.6 Å². The first-order chi connectivity index (χ1) is 38.0. The van der Waals surface area contributed by atoms with E-state index in [0.717, 1.165) is 70.6 Å². The molecular formula is C71H128O6. The Morgan fingerprint density at radius 2 is 0.532 bits per heavy atom. The van der Waals surface area contributed by atoms with Crippen LogP contribution in [0.15, 0.2) is 60.8 Å². The van der Waals surface area contributed by atoms with Gasteiger partial charge in [-0.2, -0.15) is 0 Å². The van der Waals surface area contributed by atoms with Crippen molar-refractivity contribution in [2.24, 2.45) is 0 Å². The Kier molecular flexibility index (Phi) is 63.2. The van der Waals surface area contributed by atoms with E-state index in [2.05, 4.69) is 75.5 Å². The number of carbonyl (C=O) groups is 3. The van der Waals surface area contributed by atoms with Crippen molar-refractivity contribution in [2.45, 2.75) is 361 Å². The van der Waals surface area contributed by atoms with Gasteiger partial charge in [-0.15, -0.1) is 0 Å². The van der Waals surface area contributed by atoms with Gasteiger partial charge in [0, 0.05) is 19.3 Å². The van der Waals surface area contributed by atoms with Crippen LogP contribution in [0, 0.1) is 0 Å². The summed E-state index contributed by atoms with van der Waals surface area (Å²) >= 11 is 0. The van der Waals surface area contributed by atoms with Crippen molar-refractivity contribution in [3.05, 3.63) is 60.8 Å². The van der Waals surface area contributed by atoms with Crippen molar-refractivity contribution in [1.29, 1.82) is 0 Å². The lowest BCUT2D eigenvalue weighted by atomic mass is 10.0. The van der Waals surface area contributed by atoms with Crippen LogP contribution in [-0.2, 0) is 28.6 Å². The van der Waals surface area contributed by atoms with Crippen LogP contribution in [0.1, 0.15) is 355 Å². The lowest BCUT2D eigenvalue weighted by Gasteiger charge is -2.18. The fraction of sp³-hybridized carbons (Fsp3) is 0.817. The normalized spacial score (nSPS) is 12.4. The zero-order chi connectivity index (χ0) is 55.7. The molecule has 0 rings (SSSR count). The van der Waals surface area contributed by atoms with Gasteiger partial charge in [0.2, 0.25) is 0 Å². The first-order valence-corrected chi connectivity index (χ1v) is 33.8. The second-order valence-electron chi connectivity index (χ2n) is 22.7. The lowest BCUT2D eigenvalue weighted by molar-refractivity contribution is -0.166. The molecular weight excluding hydrogens is 949 g/mol. The summed E-state index contributed by atoms with van der Waals surface area (Å²) in [6.07, 6.45) is 84.4. The quantitative estimate of drug-likeness (QED) is 0.0261. The molecule has 0 saturated carbocycles. The fourth-order valence-corrected chi connectivity index (χ4v) is 9.99. The molecule has 448 valence electrons. The largest absolute Gasteiger partial charge is 0.462 e. The number of hydrogen-bond donors (Lipinski definition) is 0. The Labute approximate surface area is 479 Å². The molecule has 1 unspecified atom stereocenters. The average Bonchev–Trinajstić information content (AvgIpc) is 3.43. The number of unbranched alkanes of at least 4 members (excludes halogenated alkanes) is 41. The SMILES string of the molecule is CC/C=C\C/C=C\C/C=C\C/C=C\CCC(=O)OC(COC(=O)CCCCCCC/C=C\CCCCCC)COC(=O)CCCCCCCCCCCCCCCCCCCCCCCCCCCCCCCCCCC. The molecule has 0 radical (unpaired) electrons. The van der Waals surface area contributed by atoms with Gasteiger partial charge in [0.25, 0.3) is 0 Å². The second-order valence-corrected chi connectivity index (χ2v) is 22.7. The van der Waals surface area contributed by atoms with Gasteiger partial charge in [-0.3, -0.25) is 14.4 Å². The molecule has 1 atom stereocenters. The Morgan fingerprint density at radius 3 is 0.857 bits per heavy atom. The van der Waals surface area contributed by atoms with Gasteiger partial charge in [-0.25, -0.2) is 0 Å². The number of ether oxygens (including phenoxy) is 3. The van der Waals surface area contributed by atoms with Crippen LogP contribution >= 0.6 is 0 Å². The van der Waals surface area contributed by atoms with E-state index < -0.39 is 6.10 Å². The molecule has 0 spiro atoms. The Balaban J connectivity index is 4.08. The molecule has 0 fully saturated rings. The van der Waals surface area contributed by atoms with Gasteiger partial charge in [-0.1, -0.05) is 326 Å². The first-order valence-electron chi connectivity index (χ1n) is 33.8. The summed E-state index contributed by atoms with van der Waals surface area (Å²) in [4.78, 5) is 38.2. The minimum absolute atomic E-state index is 0.103. The fourth-order valence-electron chi connectivity index (χ4n) is 9.99. The molecule has 0 heterocycles. The van der Waals surface area contributed by atoms with Crippen LogP contribution in [0.4, 0.5) is 0 Å². The summed E-state index contributed by atoms with van der Waals surface area (Å²) in [6, 6.07) is 0. The van der Waals surface area contributed by atoms with E-state index in [9.17, 15) is 14.4 Å². The summed E-state index contributed by atoms with van der Waals surface area (Å²) in [7, 11) is 0. The smallest absolute Gasteiger partial charge is 0.306 e. The summed E-state index contributed by atoms with van der Waals surface area (Å²) in [6.45, 7) is 6.48. The highest BCUT2D eigenvalue weighted by atomic mass is 16.6. The highest BCUT2D eigenvalue weighted by molar-refractivity contribution is 5.71. The standard InChI is InChI=1S/C71H128O6/c1-4-7-10-13-16-19-22-25-26-27-28-29-30-31-32-33-34-35-36-37-38-39-40-41-42-43-44-47-49-52-55-58-61-64-70(73)76-67-68(77-71(74)65-62-59-56-53-50-46-24-21-18-15-12-9-6-3)66-75-69(72)63-60-57-54-51-48-45-23-20-17-14-11-8-5-2/h9,12,18,20-21,23,46,50,56,59,68H,4-8,10-11,13-17,19,22,24-45,47-49,51-55,57-58,60-67H2,1-3H3/b12-9-,21-18-,23-20-,50-46-,59-56-. The third-order valence-electron chi connectivity index (χ3n) is 15.0. The number of allylic oxidation sites excluding steroid dienone is 10. The van der Waals surface area contributed by atoms with Gasteiger partial charge < -0.3 is 14.2 Å². The van der Waals surface area contributed by atoms with E-state index in [1.165, 1.54) is 238 Å². The van der Waals surface area contributed by atoms with Crippen molar-refractivity contribution in [2.75, 3.05) is 13.2 Å². The number of hydrogen-bond acceptors (Lipinski definition) is 6. The maximum Gasteiger partial charge on any atom is 0.306 e. The van der Waals surface area contributed by atoms with E-state index >= 15 is 0 Å². The molecule has 6 heteroatoms. The van der Waals surface area contributed by atoms with Gasteiger partial charge in [0.05, 0.1) is 0 Å². The summed E-state index contributed by atoms with van der Waals surface area (Å²) in [5, 5.41) is 0. The number of esters is 3. The third-order valence-corrected chi connectivity index (χ3v) is 15.0. The van der Waals surface area contributed by atoms with Gasteiger partial charge in [0.1, 0.15) is 13.2 Å². The topological polar surface area (TPSA) is 78.9 Å². The second kappa shape index (κ2) is 65.6. The maximum absolute atomic E-state index is 12.8. The summed E-state index contributed by atoms with van der Waals surface area (Å²) < 4.78 is 16.8. The average molecular weight is 1080 g/mol. The predicted octanol–water partition coefficient (Wildman–Crippen LogP) is 23.1. The molecule has 0 aromatic heterocycles. The first kappa shape index (κ1) is 74.1. The highest BCUT2D eigenvalue weighted by Crippen LogP contribution is 2.18. The molecule has 0 saturated heterocycles. The van der Waals surface area contributed by atoms with E-state index in [-0.39, 0.29) is 37.5 Å². The van der Waals surface area contributed by atoms with Crippen molar-refractivity contribution in [3.63, 3.8) is 0 Å². The van der Waals surface area contributed by atoms with Crippen LogP contribution < -0.4 is 0 Å². The van der Waals surface area contributed by atoms with E-state index in [4.69, 9.17) is 14.2 Å². The third kappa shape index (κ3) is 63.8. The minimum atomic E-state index is -0.814. The molecule has 0 amide bonds. The zero-order valence-electron chi connectivity index (χ0n) is 51.5. The molecule has 77 heavy (non-hydrogen) atoms. The Bertz CT molecular complexity index is 1380. The summed E-state index contributed by atoms with van der Waals surface area (Å²) in [5.41, 5.74) is 0. The molecule has 0 bridgehead atoms. The monoisotopic (exact) mass is 1080 g/mol. The minimum Gasteiger partial charge on any atom is -0.462 e. The van der Waals surface area contributed by atoms with Crippen LogP contribution in [0.5, 0.6) is 0 Å². The molecule has 0 aromatic carbocycles. The molecule has 0 aliphatic heterocycles. The summed E-state index contributed by atoms with van der Waals surface area (Å²) in [5.74, 6) is -0.979. The van der Waals surface area contributed by atoms with E-state index in [0.29, 0.717) is 19.3 Å². The van der Waals surface area contributed by atoms with Crippen LogP contribution in [0.25, 0.3) is 0 Å². The van der Waals surface area contributed by atoms with Crippen molar-refractivity contribution in [3.8, 4) is 0 Å². The van der Waals surface area contributed by atoms with E-state index in [1.54, 1.807) is 0 Å². The predicted molar refractivity (Wildman–Crippen MR) is 335 cm³/mol. The van der Waals surface area contributed by atoms with Crippen LogP contribution in [-0.4, -0.2) is 37.2 Å². The van der Waals surface area contributed by atoms with E-state index in [1.807, 2.05) is 6.08 Å². The molecule has 6 nitrogen and oxygen atoms in total. The number of carbonyl (C=O) groups excluding carboxylic acids is 3. The van der Waals surface area contributed by atoms with Gasteiger partial charge in [0.15, 0.2) is 6.10 Å². The van der Waals surface area contributed by atoms with Gasteiger partial charge >= 0.3 is 17.9 Å². The van der Waals surface area contributed by atoms with Crippen molar-refractivity contribution in [1.82, 2.24) is 0 Å². The maximum atomic E-state index is 12.8. The molecule has 0 aliphatic carbocycles. The van der Waals surface area contributed by atoms with Crippen LogP contribution in [0.2, 0.25) is 0 Å². The lowest BCUT2D eigenvalue weighted by Crippen LogP contribution is -2.30. The van der Waals surface area contributed by atoms with Crippen LogP contribution in [0.3, 0.4) is 0 Å². The molecule has 0 N–H and O–H groups in total. The van der Waals surface area contributed by atoms with Crippen molar-refractivity contribution >= 4 is 17.9 Å². The number of rotatable bonds is 62. The highest BCUT2D eigenvalue weighted by Gasteiger charge is 2.19.